The minimum atomic E-state index is -4.59. The van der Waals surface area contributed by atoms with Gasteiger partial charge in [0.05, 0.1) is 17.2 Å². The van der Waals surface area contributed by atoms with E-state index in [2.05, 4.69) is 21.7 Å². The average Bonchev–Trinajstić information content (AvgIpc) is 2.72. The standard InChI is InChI=1S/C22H22F4N4O/c23-17-4-1-3-16(11-17)21(14-27)8-6-15(7-9-21)13-29-20-18(5-2-10-28-20)30-19(31)12-22(24,25)26/h1-5,10-11,15H,6-9,12-13H2,(H,28,29)(H,30,31). The van der Waals surface area contributed by atoms with Gasteiger partial charge in [-0.1, -0.05) is 12.1 Å². The Morgan fingerprint density at radius 2 is 1.97 bits per heavy atom. The molecule has 1 heterocycles. The van der Waals surface area contributed by atoms with Crippen LogP contribution < -0.4 is 10.6 Å². The first kappa shape index (κ1) is 22.5. The highest BCUT2D eigenvalue weighted by molar-refractivity contribution is 5.93. The fourth-order valence-electron chi connectivity index (χ4n) is 3.89. The largest absolute Gasteiger partial charge is 0.397 e. The predicted molar refractivity (Wildman–Crippen MR) is 108 cm³/mol. The first-order chi connectivity index (χ1) is 14.7. The number of hydrogen-bond donors (Lipinski definition) is 2. The molecule has 1 aliphatic rings. The van der Waals surface area contributed by atoms with Crippen LogP contribution in [0, 0.1) is 23.1 Å². The van der Waals surface area contributed by atoms with E-state index in [0.29, 0.717) is 30.8 Å². The number of nitriles is 1. The van der Waals surface area contributed by atoms with Crippen LogP contribution in [0.5, 0.6) is 0 Å². The summed E-state index contributed by atoms with van der Waals surface area (Å²) in [5.74, 6) is -1.03. The van der Waals surface area contributed by atoms with Gasteiger partial charge in [-0.05, 0) is 61.4 Å². The fourth-order valence-corrected chi connectivity index (χ4v) is 3.89. The third kappa shape index (κ3) is 5.94. The summed E-state index contributed by atoms with van der Waals surface area (Å²) in [4.78, 5) is 15.7. The lowest BCUT2D eigenvalue weighted by molar-refractivity contribution is -0.150. The van der Waals surface area contributed by atoms with Gasteiger partial charge in [0, 0.05) is 12.7 Å². The number of hydrogen-bond acceptors (Lipinski definition) is 4. The molecule has 0 atom stereocenters. The average molecular weight is 434 g/mol. The zero-order valence-electron chi connectivity index (χ0n) is 16.7. The van der Waals surface area contributed by atoms with Crippen molar-refractivity contribution in [1.29, 1.82) is 5.26 Å². The summed E-state index contributed by atoms with van der Waals surface area (Å²) in [6.45, 7) is 0.490. The van der Waals surface area contributed by atoms with Gasteiger partial charge in [-0.3, -0.25) is 4.79 Å². The molecule has 9 heteroatoms. The normalized spacial score (nSPS) is 21.2. The van der Waals surface area contributed by atoms with Crippen molar-refractivity contribution in [2.24, 2.45) is 5.92 Å². The molecule has 31 heavy (non-hydrogen) atoms. The van der Waals surface area contributed by atoms with Crippen LogP contribution in [-0.4, -0.2) is 23.6 Å². The summed E-state index contributed by atoms with van der Waals surface area (Å²) < 4.78 is 50.8. The van der Waals surface area contributed by atoms with Crippen molar-refractivity contribution in [3.63, 3.8) is 0 Å². The Kier molecular flexibility index (Phi) is 6.78. The van der Waals surface area contributed by atoms with Gasteiger partial charge in [0.25, 0.3) is 0 Å². The number of alkyl halides is 3. The minimum absolute atomic E-state index is 0.179. The molecule has 2 N–H and O–H groups in total. The zero-order chi connectivity index (χ0) is 22.5. The van der Waals surface area contributed by atoms with E-state index in [1.807, 2.05) is 0 Å². The number of benzene rings is 1. The number of aromatic nitrogens is 1. The van der Waals surface area contributed by atoms with Crippen LogP contribution in [0.1, 0.15) is 37.7 Å². The first-order valence-electron chi connectivity index (χ1n) is 9.93. The molecular weight excluding hydrogens is 412 g/mol. The van der Waals surface area contributed by atoms with Gasteiger partial charge in [0.15, 0.2) is 0 Å². The second-order valence-electron chi connectivity index (χ2n) is 7.77. The maximum Gasteiger partial charge on any atom is 0.397 e. The number of nitrogens with zero attached hydrogens (tertiary/aromatic N) is 2. The molecule has 1 saturated carbocycles. The van der Waals surface area contributed by atoms with Gasteiger partial charge < -0.3 is 10.6 Å². The predicted octanol–water partition coefficient (Wildman–Crippen LogP) is 5.18. The molecule has 1 aliphatic carbocycles. The van der Waals surface area contributed by atoms with E-state index in [-0.39, 0.29) is 17.4 Å². The number of amides is 1. The van der Waals surface area contributed by atoms with Crippen molar-refractivity contribution >= 4 is 17.4 Å². The zero-order valence-corrected chi connectivity index (χ0v) is 16.7. The van der Waals surface area contributed by atoms with E-state index in [0.717, 1.165) is 12.8 Å². The van der Waals surface area contributed by atoms with Crippen LogP contribution in [0.4, 0.5) is 29.1 Å². The minimum Gasteiger partial charge on any atom is -0.368 e. The topological polar surface area (TPSA) is 77.8 Å². The molecule has 164 valence electrons. The molecular formula is C22H22F4N4O. The Hall–Kier alpha value is -3.15. The second kappa shape index (κ2) is 9.33. The Morgan fingerprint density at radius 1 is 1.23 bits per heavy atom. The molecule has 0 radical (unpaired) electrons. The van der Waals surface area contributed by atoms with Crippen molar-refractivity contribution in [3.8, 4) is 6.07 Å². The fraction of sp³-hybridized carbons (Fsp3) is 0.409. The Bertz CT molecular complexity index is 962. The lowest BCUT2D eigenvalue weighted by Gasteiger charge is -2.35. The number of pyridine rings is 1. The third-order valence-electron chi connectivity index (χ3n) is 5.55. The lowest BCUT2D eigenvalue weighted by atomic mass is 9.67. The van der Waals surface area contributed by atoms with E-state index >= 15 is 0 Å². The van der Waals surface area contributed by atoms with Crippen LogP contribution >= 0.6 is 0 Å². The Balaban J connectivity index is 1.59. The van der Waals surface area contributed by atoms with Crippen LogP contribution in [0.3, 0.4) is 0 Å². The summed E-state index contributed by atoms with van der Waals surface area (Å²) in [6, 6.07) is 11.5. The van der Waals surface area contributed by atoms with Crippen LogP contribution in [0.2, 0.25) is 0 Å². The molecule has 0 spiro atoms. The van der Waals surface area contributed by atoms with E-state index in [9.17, 15) is 27.6 Å². The Labute approximate surface area is 177 Å². The summed E-state index contributed by atoms with van der Waals surface area (Å²) in [7, 11) is 0. The number of halogens is 4. The van der Waals surface area contributed by atoms with Gasteiger partial charge in [0.1, 0.15) is 18.1 Å². The summed E-state index contributed by atoms with van der Waals surface area (Å²) in [5.41, 5.74) is 0.139. The quantitative estimate of drug-likeness (QED) is 0.615. The van der Waals surface area contributed by atoms with Gasteiger partial charge in [-0.25, -0.2) is 9.37 Å². The maximum absolute atomic E-state index is 13.6. The van der Waals surface area contributed by atoms with E-state index in [1.165, 1.54) is 30.5 Å². The van der Waals surface area contributed by atoms with Crippen molar-refractivity contribution in [3.05, 3.63) is 54.0 Å². The number of carbonyl (C=O) groups is 1. The van der Waals surface area contributed by atoms with E-state index in [4.69, 9.17) is 0 Å². The van der Waals surface area contributed by atoms with E-state index in [1.54, 1.807) is 12.1 Å². The van der Waals surface area contributed by atoms with Gasteiger partial charge in [-0.15, -0.1) is 0 Å². The highest BCUT2D eigenvalue weighted by atomic mass is 19.4. The van der Waals surface area contributed by atoms with Crippen LogP contribution in [-0.2, 0) is 10.2 Å². The molecule has 5 nitrogen and oxygen atoms in total. The van der Waals surface area contributed by atoms with Gasteiger partial charge in [-0.2, -0.15) is 18.4 Å². The molecule has 1 amide bonds. The number of anilines is 2. The smallest absolute Gasteiger partial charge is 0.368 e. The molecule has 0 unspecified atom stereocenters. The van der Waals surface area contributed by atoms with Crippen molar-refractivity contribution in [2.45, 2.75) is 43.7 Å². The lowest BCUT2D eigenvalue weighted by Crippen LogP contribution is -2.32. The molecule has 0 aliphatic heterocycles. The van der Waals surface area contributed by atoms with Crippen molar-refractivity contribution in [2.75, 3.05) is 17.2 Å². The molecule has 2 aromatic rings. The van der Waals surface area contributed by atoms with Crippen molar-refractivity contribution < 1.29 is 22.4 Å². The van der Waals surface area contributed by atoms with Gasteiger partial charge in [0.2, 0.25) is 5.91 Å². The number of nitrogens with one attached hydrogen (secondary N) is 2. The van der Waals surface area contributed by atoms with Crippen molar-refractivity contribution in [1.82, 2.24) is 4.98 Å². The van der Waals surface area contributed by atoms with E-state index < -0.39 is 23.9 Å². The SMILES string of the molecule is N#CC1(c2cccc(F)c2)CCC(CNc2ncccc2NC(=O)CC(F)(F)F)CC1. The number of rotatable bonds is 6. The van der Waals surface area contributed by atoms with Crippen LogP contribution in [0.25, 0.3) is 0 Å². The molecule has 0 bridgehead atoms. The van der Waals surface area contributed by atoms with Crippen LogP contribution in [0.15, 0.2) is 42.6 Å². The summed E-state index contributed by atoms with van der Waals surface area (Å²) in [6.07, 6.45) is -2.07. The van der Waals surface area contributed by atoms with Gasteiger partial charge >= 0.3 is 6.18 Å². The second-order valence-corrected chi connectivity index (χ2v) is 7.77. The maximum atomic E-state index is 13.6. The highest BCUT2D eigenvalue weighted by Crippen LogP contribution is 2.41. The molecule has 1 aromatic heterocycles. The third-order valence-corrected chi connectivity index (χ3v) is 5.55. The number of carbonyl (C=O) groups excluding carboxylic acids is 1. The molecule has 1 aromatic carbocycles. The first-order valence-corrected chi connectivity index (χ1v) is 9.93. The summed E-state index contributed by atoms with van der Waals surface area (Å²) in [5, 5.41) is 15.1. The monoisotopic (exact) mass is 434 g/mol. The molecule has 3 rings (SSSR count). The molecule has 0 saturated heterocycles. The molecule has 1 fully saturated rings. The highest BCUT2D eigenvalue weighted by Gasteiger charge is 2.37. The Morgan fingerprint density at radius 3 is 2.61 bits per heavy atom. The summed E-state index contributed by atoms with van der Waals surface area (Å²) >= 11 is 0.